The number of nitrogens with zero attached hydrogens (tertiary/aromatic N) is 2. The van der Waals surface area contributed by atoms with Crippen LogP contribution in [0.3, 0.4) is 0 Å². The predicted molar refractivity (Wildman–Crippen MR) is 147 cm³/mol. The van der Waals surface area contributed by atoms with Crippen LogP contribution >= 0.6 is 0 Å². The van der Waals surface area contributed by atoms with E-state index in [4.69, 9.17) is 28.8 Å². The third-order valence-electron chi connectivity index (χ3n) is 8.14. The minimum atomic E-state index is -0.685. The maximum atomic E-state index is 13.8. The lowest BCUT2D eigenvalue weighted by Gasteiger charge is -2.43. The number of nitrogens with one attached hydrogen (secondary N) is 1. The van der Waals surface area contributed by atoms with Crippen LogP contribution in [-0.4, -0.2) is 86.6 Å². The van der Waals surface area contributed by atoms with Crippen molar-refractivity contribution in [2.75, 3.05) is 57.9 Å². The Morgan fingerprint density at radius 1 is 1.05 bits per heavy atom. The summed E-state index contributed by atoms with van der Waals surface area (Å²) in [6.45, 7) is 2.21. The molecule has 4 aliphatic rings. The minimum Gasteiger partial charge on any atom is -0.459 e. The van der Waals surface area contributed by atoms with Crippen molar-refractivity contribution in [3.63, 3.8) is 0 Å². The molecule has 0 aliphatic carbocycles. The first-order chi connectivity index (χ1) is 20.1. The van der Waals surface area contributed by atoms with Crippen LogP contribution in [0.1, 0.15) is 30.7 Å². The summed E-state index contributed by atoms with van der Waals surface area (Å²) in [5, 5.41) is 11.9. The van der Waals surface area contributed by atoms with Gasteiger partial charge in [-0.2, -0.15) is 0 Å². The van der Waals surface area contributed by atoms with E-state index in [0.29, 0.717) is 57.1 Å². The topological polar surface area (TPSA) is 119 Å². The van der Waals surface area contributed by atoms with Crippen LogP contribution in [0.2, 0.25) is 0 Å². The molecule has 0 aromatic heterocycles. The summed E-state index contributed by atoms with van der Waals surface area (Å²) in [6, 6.07) is 15.7. The average molecular weight is 566 g/mol. The highest BCUT2D eigenvalue weighted by Crippen LogP contribution is 2.40. The van der Waals surface area contributed by atoms with Crippen LogP contribution in [0, 0.1) is 0 Å². The molecule has 0 bridgehead atoms. The van der Waals surface area contributed by atoms with Crippen molar-refractivity contribution >= 4 is 17.5 Å². The first-order valence-electron chi connectivity index (χ1n) is 14.1. The van der Waals surface area contributed by atoms with Gasteiger partial charge in [-0.1, -0.05) is 24.3 Å². The van der Waals surface area contributed by atoms with Crippen LogP contribution in [0.15, 0.2) is 60.4 Å². The van der Waals surface area contributed by atoms with Gasteiger partial charge in [-0.15, -0.1) is 0 Å². The van der Waals surface area contributed by atoms with Gasteiger partial charge >= 0.3 is 0 Å². The molecule has 2 fully saturated rings. The van der Waals surface area contributed by atoms with E-state index in [9.17, 15) is 9.59 Å². The number of allylic oxidation sites excluding steroid dienone is 1. The third kappa shape index (κ3) is 5.57. The number of benzene rings is 2. The van der Waals surface area contributed by atoms with E-state index in [0.717, 1.165) is 11.3 Å². The molecule has 41 heavy (non-hydrogen) atoms. The molecule has 0 unspecified atom stereocenters. The van der Waals surface area contributed by atoms with Gasteiger partial charge in [0.15, 0.2) is 17.3 Å². The van der Waals surface area contributed by atoms with Gasteiger partial charge in [-0.3, -0.25) is 9.59 Å². The van der Waals surface area contributed by atoms with Gasteiger partial charge < -0.3 is 43.9 Å². The number of hydrogen-bond acceptors (Lipinski definition) is 9. The molecule has 2 amide bonds. The number of fused-ring (bicyclic) bond motifs is 1. The number of para-hydroxylation sites is 1. The van der Waals surface area contributed by atoms with Crippen LogP contribution in [-0.2, 0) is 23.8 Å². The van der Waals surface area contributed by atoms with Gasteiger partial charge in [-0.25, -0.2) is 0 Å². The first-order valence-corrected chi connectivity index (χ1v) is 14.1. The van der Waals surface area contributed by atoms with Crippen molar-refractivity contribution in [2.24, 2.45) is 0 Å². The van der Waals surface area contributed by atoms with E-state index in [1.165, 1.54) is 0 Å². The van der Waals surface area contributed by atoms with E-state index in [1.807, 2.05) is 54.6 Å². The van der Waals surface area contributed by atoms with Crippen molar-refractivity contribution in [3.8, 4) is 11.5 Å². The molecule has 2 N–H and O–H groups in total. The quantitative estimate of drug-likeness (QED) is 0.441. The lowest BCUT2D eigenvalue weighted by atomic mass is 9.85. The zero-order chi connectivity index (χ0) is 28.2. The number of amides is 2. The standard InChI is InChI=1S/C30H35N3O8/c34-12-13-37-14-15-38-27-18-22(21-6-7-24-25(16-21)40-20-39-24)17-26(41-27)28(35)32-10-8-30(9-11-32)29(36)31-19-33(30)23-4-2-1-3-5-23/h1-7,16-17,22,27,34H,8-15,18-20H2,(H,31,36)/t22-,27+/m1/s1. The number of piperidine rings is 1. The van der Waals surface area contributed by atoms with E-state index in [1.54, 1.807) is 4.90 Å². The molecule has 11 nitrogen and oxygen atoms in total. The summed E-state index contributed by atoms with van der Waals surface area (Å²) in [6.07, 6.45) is 2.73. The second kappa shape index (κ2) is 12.0. The Bertz CT molecular complexity index is 1280. The molecule has 2 aromatic carbocycles. The van der Waals surface area contributed by atoms with Gasteiger partial charge in [0.05, 0.1) is 33.1 Å². The maximum absolute atomic E-state index is 13.8. The van der Waals surface area contributed by atoms with Crippen molar-refractivity contribution in [2.45, 2.75) is 37.0 Å². The number of likely N-dealkylation sites (tertiary alicyclic amines) is 1. The summed E-state index contributed by atoms with van der Waals surface area (Å²) in [7, 11) is 0. The molecule has 4 aliphatic heterocycles. The lowest BCUT2D eigenvalue weighted by Crippen LogP contribution is -2.57. The second-order valence-electron chi connectivity index (χ2n) is 10.5. The third-order valence-corrected chi connectivity index (χ3v) is 8.14. The highest BCUT2D eigenvalue weighted by atomic mass is 16.7. The summed E-state index contributed by atoms with van der Waals surface area (Å²) in [5.41, 5.74) is 1.26. The normalized spacial score (nSPS) is 22.9. The average Bonchev–Trinajstić information content (AvgIpc) is 3.61. The molecule has 2 aromatic rings. The zero-order valence-corrected chi connectivity index (χ0v) is 22.8. The fourth-order valence-electron chi connectivity index (χ4n) is 5.96. The smallest absolute Gasteiger partial charge is 0.288 e. The Morgan fingerprint density at radius 2 is 1.85 bits per heavy atom. The Balaban J connectivity index is 1.17. The first kappa shape index (κ1) is 27.4. The van der Waals surface area contributed by atoms with Crippen molar-refractivity contribution in [3.05, 3.63) is 65.9 Å². The van der Waals surface area contributed by atoms with E-state index >= 15 is 0 Å². The number of carbonyl (C=O) groups excluding carboxylic acids is 2. The molecular weight excluding hydrogens is 530 g/mol. The molecule has 2 saturated heterocycles. The molecule has 218 valence electrons. The number of carbonyl (C=O) groups is 2. The Morgan fingerprint density at radius 3 is 2.66 bits per heavy atom. The molecule has 11 heteroatoms. The highest BCUT2D eigenvalue weighted by molar-refractivity contribution is 5.95. The zero-order valence-electron chi connectivity index (χ0n) is 22.8. The van der Waals surface area contributed by atoms with E-state index in [2.05, 4.69) is 10.2 Å². The maximum Gasteiger partial charge on any atom is 0.288 e. The van der Waals surface area contributed by atoms with Crippen LogP contribution in [0.4, 0.5) is 5.69 Å². The molecule has 6 rings (SSSR count). The molecule has 0 radical (unpaired) electrons. The Hall–Kier alpha value is -3.80. The second-order valence-corrected chi connectivity index (χ2v) is 10.5. The largest absolute Gasteiger partial charge is 0.459 e. The monoisotopic (exact) mass is 565 g/mol. The van der Waals surface area contributed by atoms with Crippen LogP contribution in [0.25, 0.3) is 0 Å². The summed E-state index contributed by atoms with van der Waals surface area (Å²) >= 11 is 0. The fraction of sp³-hybridized carbons (Fsp3) is 0.467. The van der Waals surface area contributed by atoms with E-state index < -0.39 is 11.8 Å². The summed E-state index contributed by atoms with van der Waals surface area (Å²) in [4.78, 5) is 30.7. The van der Waals surface area contributed by atoms with Crippen molar-refractivity contribution in [1.29, 1.82) is 0 Å². The predicted octanol–water partition coefficient (Wildman–Crippen LogP) is 2.11. The lowest BCUT2D eigenvalue weighted by molar-refractivity contribution is -0.157. The molecule has 0 saturated carbocycles. The van der Waals surface area contributed by atoms with Crippen LogP contribution < -0.4 is 19.7 Å². The number of anilines is 1. The number of aliphatic hydroxyl groups excluding tert-OH is 1. The van der Waals surface area contributed by atoms with Crippen molar-refractivity contribution in [1.82, 2.24) is 10.2 Å². The van der Waals surface area contributed by atoms with Gasteiger partial charge in [-0.05, 0) is 48.7 Å². The number of ether oxygens (including phenoxy) is 5. The number of hydrogen-bond donors (Lipinski definition) is 2. The molecular formula is C30H35N3O8. The van der Waals surface area contributed by atoms with Gasteiger partial charge in [0.2, 0.25) is 19.0 Å². The summed E-state index contributed by atoms with van der Waals surface area (Å²) in [5.74, 6) is 1.22. The number of aliphatic hydroxyl groups is 1. The van der Waals surface area contributed by atoms with Gasteiger partial charge in [0.25, 0.3) is 5.91 Å². The fourth-order valence-corrected chi connectivity index (χ4v) is 5.96. The van der Waals surface area contributed by atoms with Gasteiger partial charge in [0.1, 0.15) is 5.54 Å². The summed E-state index contributed by atoms with van der Waals surface area (Å²) < 4.78 is 28.4. The molecule has 1 spiro atoms. The Labute approximate surface area is 238 Å². The Kier molecular flexibility index (Phi) is 8.00. The van der Waals surface area contributed by atoms with E-state index in [-0.39, 0.29) is 50.1 Å². The van der Waals surface area contributed by atoms with Crippen LogP contribution in [0.5, 0.6) is 11.5 Å². The highest BCUT2D eigenvalue weighted by Gasteiger charge is 2.51. The molecule has 2 atom stereocenters. The minimum absolute atomic E-state index is 0.00124. The number of rotatable bonds is 9. The SMILES string of the molecule is O=C(C1=C[C@@H](c2ccc3c(c2)OCO3)C[C@@H](OCCOCCO)O1)N1CCC2(CC1)C(=O)NCN2c1ccccc1. The van der Waals surface area contributed by atoms with Gasteiger partial charge in [0, 0.05) is 31.1 Å². The molecule has 4 heterocycles. The van der Waals surface area contributed by atoms with Crippen molar-refractivity contribution < 1.29 is 38.4 Å².